The van der Waals surface area contributed by atoms with Crippen molar-refractivity contribution in [3.63, 3.8) is 0 Å². The number of carbonyl (C=O) groups excluding carboxylic acids is 1. The van der Waals surface area contributed by atoms with Gasteiger partial charge in [-0.05, 0) is 24.1 Å². The Morgan fingerprint density at radius 2 is 2.06 bits per heavy atom. The lowest BCUT2D eigenvalue weighted by Crippen LogP contribution is -2.01. The summed E-state index contributed by atoms with van der Waals surface area (Å²) in [5.74, 6) is -0.421. The van der Waals surface area contributed by atoms with E-state index >= 15 is 0 Å². The van der Waals surface area contributed by atoms with Gasteiger partial charge >= 0.3 is 5.97 Å². The second-order valence-corrected chi connectivity index (χ2v) is 5.85. The molecule has 0 fully saturated rings. The van der Waals surface area contributed by atoms with E-state index in [1.54, 1.807) is 19.1 Å². The third-order valence-corrected chi connectivity index (χ3v) is 3.42. The van der Waals surface area contributed by atoms with Gasteiger partial charge in [-0.25, -0.2) is 8.42 Å². The third-order valence-electron chi connectivity index (χ3n) is 1.96. The molecule has 4 nitrogen and oxygen atoms in total. The molecule has 88 valence electrons. The maximum Gasteiger partial charge on any atom is 0.302 e. The molecule has 0 bridgehead atoms. The Balaban J connectivity index is 3.04. The summed E-state index contributed by atoms with van der Waals surface area (Å²) in [6.07, 6.45) is 0. The molecule has 0 aromatic heterocycles. The van der Waals surface area contributed by atoms with Crippen LogP contribution in [0.25, 0.3) is 0 Å². The molecule has 0 unspecified atom stereocenters. The van der Waals surface area contributed by atoms with E-state index < -0.39 is 15.0 Å². The van der Waals surface area contributed by atoms with Gasteiger partial charge in [-0.1, -0.05) is 12.1 Å². The summed E-state index contributed by atoms with van der Waals surface area (Å²) in [5.41, 5.74) is 1.14. The molecule has 0 saturated carbocycles. The Bertz CT molecular complexity index is 508. The number of halogens is 1. The minimum absolute atomic E-state index is 0.0367. The fraction of sp³-hybridized carbons (Fsp3) is 0.300. The number of benzene rings is 1. The lowest BCUT2D eigenvalue weighted by atomic mass is 10.2. The first-order chi connectivity index (χ1) is 7.30. The predicted octanol–water partition coefficient (Wildman–Crippen LogP) is 1.99. The van der Waals surface area contributed by atoms with E-state index in [9.17, 15) is 13.2 Å². The summed E-state index contributed by atoms with van der Waals surface area (Å²) < 4.78 is 27.2. The SMILES string of the molecule is CC(=O)OCc1ccc(C)c(S(=O)(=O)Cl)c1. The molecule has 0 radical (unpaired) electrons. The molecule has 0 heterocycles. The van der Waals surface area contributed by atoms with E-state index in [0.717, 1.165) is 0 Å². The molecule has 1 rings (SSSR count). The van der Waals surface area contributed by atoms with Crippen LogP contribution in [0.5, 0.6) is 0 Å². The second kappa shape index (κ2) is 4.84. The molecular weight excluding hydrogens is 252 g/mol. The van der Waals surface area contributed by atoms with Crippen molar-refractivity contribution in [1.82, 2.24) is 0 Å². The molecule has 1 aromatic rings. The topological polar surface area (TPSA) is 60.4 Å². The van der Waals surface area contributed by atoms with E-state index in [2.05, 4.69) is 0 Å². The van der Waals surface area contributed by atoms with Crippen LogP contribution in [0.3, 0.4) is 0 Å². The monoisotopic (exact) mass is 262 g/mol. The zero-order chi connectivity index (χ0) is 12.3. The van der Waals surface area contributed by atoms with Crippen molar-refractivity contribution in [2.75, 3.05) is 0 Å². The quantitative estimate of drug-likeness (QED) is 0.617. The van der Waals surface area contributed by atoms with Gasteiger partial charge in [-0.15, -0.1) is 0 Å². The zero-order valence-corrected chi connectivity index (χ0v) is 10.4. The van der Waals surface area contributed by atoms with Gasteiger partial charge in [0.25, 0.3) is 9.05 Å². The van der Waals surface area contributed by atoms with Gasteiger partial charge in [-0.3, -0.25) is 4.79 Å². The summed E-state index contributed by atoms with van der Waals surface area (Å²) in [6, 6.07) is 4.71. The van der Waals surface area contributed by atoms with Gasteiger partial charge in [0.1, 0.15) is 6.61 Å². The maximum atomic E-state index is 11.2. The molecule has 0 atom stereocenters. The molecule has 0 saturated heterocycles. The number of carbonyl (C=O) groups is 1. The Labute approximate surface area is 98.6 Å². The highest BCUT2D eigenvalue weighted by Gasteiger charge is 2.14. The van der Waals surface area contributed by atoms with Crippen LogP contribution < -0.4 is 0 Å². The average molecular weight is 263 g/mol. The Hall–Kier alpha value is -1.07. The van der Waals surface area contributed by atoms with Crippen molar-refractivity contribution in [2.45, 2.75) is 25.3 Å². The van der Waals surface area contributed by atoms with Crippen LogP contribution >= 0.6 is 10.7 Å². The van der Waals surface area contributed by atoms with Gasteiger partial charge in [0.2, 0.25) is 0 Å². The molecule has 6 heteroatoms. The van der Waals surface area contributed by atoms with Crippen LogP contribution in [-0.2, 0) is 25.2 Å². The number of ether oxygens (including phenoxy) is 1. The molecule has 0 aliphatic rings. The molecule has 0 amide bonds. The lowest BCUT2D eigenvalue weighted by Gasteiger charge is -2.06. The number of rotatable bonds is 3. The van der Waals surface area contributed by atoms with E-state index in [4.69, 9.17) is 15.4 Å². The zero-order valence-electron chi connectivity index (χ0n) is 8.86. The number of aryl methyl sites for hydroxylation is 1. The van der Waals surface area contributed by atoms with Gasteiger partial charge in [0.15, 0.2) is 0 Å². The largest absolute Gasteiger partial charge is 0.461 e. The summed E-state index contributed by atoms with van der Waals surface area (Å²) in [7, 11) is 1.50. The molecular formula is C10H11ClO4S. The summed E-state index contributed by atoms with van der Waals surface area (Å²) in [5, 5.41) is 0. The van der Waals surface area contributed by atoms with Gasteiger partial charge in [0.05, 0.1) is 4.90 Å². The second-order valence-electron chi connectivity index (χ2n) is 3.32. The Kier molecular flexibility index (Phi) is 3.93. The van der Waals surface area contributed by atoms with Crippen LogP contribution in [0.2, 0.25) is 0 Å². The number of hydrogen-bond acceptors (Lipinski definition) is 4. The van der Waals surface area contributed by atoms with E-state index in [1.165, 1.54) is 13.0 Å². The Morgan fingerprint density at radius 3 is 2.56 bits per heavy atom. The van der Waals surface area contributed by atoms with Crippen LogP contribution in [0.15, 0.2) is 23.1 Å². The van der Waals surface area contributed by atoms with E-state index in [-0.39, 0.29) is 11.5 Å². The summed E-state index contributed by atoms with van der Waals surface area (Å²) in [4.78, 5) is 10.6. The molecule has 0 spiro atoms. The maximum absolute atomic E-state index is 11.2. The third kappa shape index (κ3) is 3.50. The summed E-state index contributed by atoms with van der Waals surface area (Å²) >= 11 is 0. The van der Waals surface area contributed by atoms with Crippen molar-refractivity contribution < 1.29 is 17.9 Å². The first kappa shape index (κ1) is 13.0. The average Bonchev–Trinajstić information content (AvgIpc) is 2.14. The highest BCUT2D eigenvalue weighted by Crippen LogP contribution is 2.21. The highest BCUT2D eigenvalue weighted by molar-refractivity contribution is 8.13. The molecule has 0 aliphatic heterocycles. The standard InChI is InChI=1S/C10H11ClO4S/c1-7-3-4-9(6-15-8(2)12)5-10(7)16(11,13)14/h3-5H,6H2,1-2H3. The van der Waals surface area contributed by atoms with Crippen LogP contribution in [0.1, 0.15) is 18.1 Å². The number of esters is 1. The van der Waals surface area contributed by atoms with Crippen molar-refractivity contribution in [3.05, 3.63) is 29.3 Å². The minimum atomic E-state index is -3.76. The molecule has 16 heavy (non-hydrogen) atoms. The van der Waals surface area contributed by atoms with Gasteiger partial charge in [-0.2, -0.15) is 0 Å². The minimum Gasteiger partial charge on any atom is -0.461 e. The van der Waals surface area contributed by atoms with Gasteiger partial charge in [0, 0.05) is 17.6 Å². The normalized spacial score (nSPS) is 11.2. The predicted molar refractivity (Wildman–Crippen MR) is 59.7 cm³/mol. The van der Waals surface area contributed by atoms with Crippen molar-refractivity contribution in [2.24, 2.45) is 0 Å². The van der Waals surface area contributed by atoms with Crippen molar-refractivity contribution in [3.8, 4) is 0 Å². The van der Waals surface area contributed by atoms with Crippen LogP contribution in [0.4, 0.5) is 0 Å². The first-order valence-corrected chi connectivity index (χ1v) is 6.79. The van der Waals surface area contributed by atoms with Gasteiger partial charge < -0.3 is 4.74 Å². The fourth-order valence-electron chi connectivity index (χ4n) is 1.18. The van der Waals surface area contributed by atoms with E-state index in [1.807, 2.05) is 0 Å². The first-order valence-electron chi connectivity index (χ1n) is 4.48. The summed E-state index contributed by atoms with van der Waals surface area (Å²) in [6.45, 7) is 2.97. The lowest BCUT2D eigenvalue weighted by molar-refractivity contribution is -0.142. The van der Waals surface area contributed by atoms with E-state index in [0.29, 0.717) is 11.1 Å². The van der Waals surface area contributed by atoms with Crippen molar-refractivity contribution >= 4 is 25.7 Å². The fourth-order valence-corrected chi connectivity index (χ4v) is 2.43. The number of hydrogen-bond donors (Lipinski definition) is 0. The van der Waals surface area contributed by atoms with Crippen LogP contribution in [0, 0.1) is 6.92 Å². The molecule has 0 aliphatic carbocycles. The van der Waals surface area contributed by atoms with Crippen LogP contribution in [-0.4, -0.2) is 14.4 Å². The molecule has 0 N–H and O–H groups in total. The Morgan fingerprint density at radius 1 is 1.44 bits per heavy atom. The molecule has 1 aromatic carbocycles. The smallest absolute Gasteiger partial charge is 0.302 e. The highest BCUT2D eigenvalue weighted by atomic mass is 35.7. The van der Waals surface area contributed by atoms with Crippen molar-refractivity contribution in [1.29, 1.82) is 0 Å².